The Kier molecular flexibility index (Phi) is 4.09. The average molecular weight is 245 g/mol. The molecule has 0 amide bonds. The Morgan fingerprint density at radius 3 is 2.69 bits per heavy atom. The molecule has 0 bridgehead atoms. The van der Waals surface area contributed by atoms with E-state index in [-0.39, 0.29) is 12.3 Å². The van der Waals surface area contributed by atoms with Gasteiger partial charge in [0.1, 0.15) is 0 Å². The largest absolute Gasteiger partial charge is 0.329 e. The molecule has 1 aromatic rings. The summed E-state index contributed by atoms with van der Waals surface area (Å²) in [6, 6.07) is 1.81. The van der Waals surface area contributed by atoms with E-state index in [0.717, 1.165) is 11.4 Å². The van der Waals surface area contributed by atoms with Gasteiger partial charge in [0, 0.05) is 13.1 Å². The molecular weight excluding hydrogens is 226 g/mol. The number of rotatable bonds is 5. The molecule has 16 heavy (non-hydrogen) atoms. The molecular formula is C10H19N3O2S. The maximum Gasteiger partial charge on any atom is 0.159 e. The van der Waals surface area contributed by atoms with Crippen molar-refractivity contribution in [1.29, 1.82) is 0 Å². The number of sulfone groups is 1. The highest BCUT2D eigenvalue weighted by Gasteiger charge is 2.21. The van der Waals surface area contributed by atoms with Crippen LogP contribution in [0, 0.1) is 6.92 Å². The molecule has 5 nitrogen and oxygen atoms in total. The topological polar surface area (TPSA) is 78.0 Å². The number of hydrogen-bond donors (Lipinski definition) is 1. The molecule has 0 aliphatic rings. The van der Waals surface area contributed by atoms with Crippen LogP contribution in [0.5, 0.6) is 0 Å². The Morgan fingerprint density at radius 1 is 1.56 bits per heavy atom. The quantitative estimate of drug-likeness (QED) is 0.818. The molecule has 0 aliphatic heterocycles. The zero-order chi connectivity index (χ0) is 12.3. The van der Waals surface area contributed by atoms with E-state index in [1.165, 1.54) is 0 Å². The van der Waals surface area contributed by atoms with E-state index in [1.807, 2.05) is 19.9 Å². The van der Waals surface area contributed by atoms with Crippen LogP contribution >= 0.6 is 0 Å². The standard InChI is InChI=1S/C10H19N3O2S/c1-4-13-10(5-8(2)12-13)7-16(14,15)9(3)6-11/h5,9H,4,6-7,11H2,1-3H3. The summed E-state index contributed by atoms with van der Waals surface area (Å²) in [6.07, 6.45) is 0. The van der Waals surface area contributed by atoms with E-state index in [1.54, 1.807) is 11.6 Å². The van der Waals surface area contributed by atoms with Crippen LogP contribution in [-0.4, -0.2) is 30.0 Å². The molecule has 6 heteroatoms. The van der Waals surface area contributed by atoms with Crippen LogP contribution in [0.2, 0.25) is 0 Å². The van der Waals surface area contributed by atoms with Crippen molar-refractivity contribution in [2.24, 2.45) is 5.73 Å². The predicted molar refractivity (Wildman–Crippen MR) is 63.8 cm³/mol. The van der Waals surface area contributed by atoms with Gasteiger partial charge in [-0.1, -0.05) is 0 Å². The highest BCUT2D eigenvalue weighted by Crippen LogP contribution is 2.12. The molecule has 1 unspecified atom stereocenters. The van der Waals surface area contributed by atoms with E-state index in [9.17, 15) is 8.42 Å². The van der Waals surface area contributed by atoms with Gasteiger partial charge in [-0.2, -0.15) is 5.10 Å². The smallest absolute Gasteiger partial charge is 0.159 e. The lowest BCUT2D eigenvalue weighted by Gasteiger charge is -2.11. The lowest BCUT2D eigenvalue weighted by atomic mass is 10.4. The minimum atomic E-state index is -3.17. The minimum Gasteiger partial charge on any atom is -0.329 e. The Labute approximate surface area is 96.6 Å². The van der Waals surface area contributed by atoms with Crippen LogP contribution in [0.1, 0.15) is 25.2 Å². The maximum absolute atomic E-state index is 11.9. The summed E-state index contributed by atoms with van der Waals surface area (Å²) in [5.74, 6) is 0.0139. The predicted octanol–water partition coefficient (Wildman–Crippen LogP) is 0.473. The van der Waals surface area contributed by atoms with Crippen molar-refractivity contribution in [2.75, 3.05) is 6.54 Å². The zero-order valence-corrected chi connectivity index (χ0v) is 10.8. The number of nitrogens with zero attached hydrogens (tertiary/aromatic N) is 2. The van der Waals surface area contributed by atoms with Gasteiger partial charge >= 0.3 is 0 Å². The van der Waals surface area contributed by atoms with Gasteiger partial charge in [0.15, 0.2) is 9.84 Å². The van der Waals surface area contributed by atoms with Crippen molar-refractivity contribution in [3.63, 3.8) is 0 Å². The molecule has 0 aromatic carbocycles. The second kappa shape index (κ2) is 4.97. The van der Waals surface area contributed by atoms with E-state index in [2.05, 4.69) is 5.10 Å². The van der Waals surface area contributed by atoms with E-state index in [0.29, 0.717) is 6.54 Å². The van der Waals surface area contributed by atoms with Gasteiger partial charge in [0.05, 0.1) is 22.4 Å². The first-order valence-electron chi connectivity index (χ1n) is 5.35. The van der Waals surface area contributed by atoms with Gasteiger partial charge in [-0.05, 0) is 26.8 Å². The lowest BCUT2D eigenvalue weighted by molar-refractivity contribution is 0.575. The average Bonchev–Trinajstić information content (AvgIpc) is 2.56. The van der Waals surface area contributed by atoms with Gasteiger partial charge < -0.3 is 5.73 Å². The first-order valence-corrected chi connectivity index (χ1v) is 7.07. The second-order valence-corrected chi connectivity index (χ2v) is 6.37. The van der Waals surface area contributed by atoms with Crippen LogP contribution in [0.3, 0.4) is 0 Å². The van der Waals surface area contributed by atoms with Crippen molar-refractivity contribution in [3.05, 3.63) is 17.5 Å². The number of aryl methyl sites for hydroxylation is 2. The summed E-state index contributed by atoms with van der Waals surface area (Å²) < 4.78 is 25.5. The summed E-state index contributed by atoms with van der Waals surface area (Å²) in [5, 5.41) is 3.71. The molecule has 1 aromatic heterocycles. The summed E-state index contributed by atoms with van der Waals surface area (Å²) in [4.78, 5) is 0. The van der Waals surface area contributed by atoms with Crippen LogP contribution in [0.4, 0.5) is 0 Å². The molecule has 2 N–H and O–H groups in total. The highest BCUT2D eigenvalue weighted by atomic mass is 32.2. The molecule has 0 aliphatic carbocycles. The van der Waals surface area contributed by atoms with Crippen LogP contribution < -0.4 is 5.73 Å². The van der Waals surface area contributed by atoms with Crippen LogP contribution in [0.15, 0.2) is 6.07 Å². The fourth-order valence-corrected chi connectivity index (χ4v) is 2.71. The monoisotopic (exact) mass is 245 g/mol. The van der Waals surface area contributed by atoms with Gasteiger partial charge in [-0.3, -0.25) is 4.68 Å². The Bertz CT molecular complexity index is 451. The van der Waals surface area contributed by atoms with Crippen molar-refractivity contribution in [3.8, 4) is 0 Å². The molecule has 0 fully saturated rings. The summed E-state index contributed by atoms with van der Waals surface area (Å²) in [5.41, 5.74) is 6.96. The first kappa shape index (κ1) is 13.2. The fourth-order valence-electron chi connectivity index (χ4n) is 1.48. The van der Waals surface area contributed by atoms with Crippen molar-refractivity contribution < 1.29 is 8.42 Å². The van der Waals surface area contributed by atoms with Crippen LogP contribution in [-0.2, 0) is 22.1 Å². The Hall–Kier alpha value is -0.880. The normalized spacial score (nSPS) is 14.0. The van der Waals surface area contributed by atoms with Gasteiger partial charge in [0.2, 0.25) is 0 Å². The van der Waals surface area contributed by atoms with Crippen molar-refractivity contribution in [2.45, 2.75) is 38.3 Å². The Morgan fingerprint density at radius 2 is 2.19 bits per heavy atom. The van der Waals surface area contributed by atoms with Gasteiger partial charge in [-0.15, -0.1) is 0 Å². The Balaban J connectivity index is 2.96. The molecule has 1 heterocycles. The third kappa shape index (κ3) is 2.82. The number of aromatic nitrogens is 2. The van der Waals surface area contributed by atoms with E-state index < -0.39 is 15.1 Å². The van der Waals surface area contributed by atoms with Gasteiger partial charge in [0.25, 0.3) is 0 Å². The fraction of sp³-hybridized carbons (Fsp3) is 0.700. The molecule has 0 saturated carbocycles. The zero-order valence-electron chi connectivity index (χ0n) is 9.97. The van der Waals surface area contributed by atoms with Crippen molar-refractivity contribution >= 4 is 9.84 Å². The first-order chi connectivity index (χ1) is 7.40. The summed E-state index contributed by atoms with van der Waals surface area (Å²) >= 11 is 0. The minimum absolute atomic E-state index is 0.0139. The maximum atomic E-state index is 11.9. The highest BCUT2D eigenvalue weighted by molar-refractivity contribution is 7.91. The second-order valence-electron chi connectivity index (χ2n) is 3.95. The SMILES string of the molecule is CCn1nc(C)cc1CS(=O)(=O)C(C)CN. The van der Waals surface area contributed by atoms with Crippen LogP contribution in [0.25, 0.3) is 0 Å². The molecule has 0 spiro atoms. The number of nitrogens with two attached hydrogens (primary N) is 1. The lowest BCUT2D eigenvalue weighted by Crippen LogP contribution is -2.28. The summed E-state index contributed by atoms with van der Waals surface area (Å²) in [6.45, 7) is 6.26. The van der Waals surface area contributed by atoms with E-state index in [4.69, 9.17) is 5.73 Å². The number of hydrogen-bond acceptors (Lipinski definition) is 4. The molecule has 92 valence electrons. The van der Waals surface area contributed by atoms with E-state index >= 15 is 0 Å². The molecule has 1 atom stereocenters. The molecule has 0 radical (unpaired) electrons. The third-order valence-corrected chi connectivity index (χ3v) is 4.70. The molecule has 1 rings (SSSR count). The third-order valence-electron chi connectivity index (χ3n) is 2.58. The van der Waals surface area contributed by atoms with Crippen molar-refractivity contribution in [1.82, 2.24) is 9.78 Å². The summed E-state index contributed by atoms with van der Waals surface area (Å²) in [7, 11) is -3.17. The van der Waals surface area contributed by atoms with Gasteiger partial charge in [-0.25, -0.2) is 8.42 Å². The molecule has 0 saturated heterocycles.